The molecule has 9 aromatic carbocycles. The second-order valence-corrected chi connectivity index (χ2v) is 40.2. The molecule has 0 amide bonds. The first-order valence-electron chi connectivity index (χ1n) is 47.1. The van der Waals surface area contributed by atoms with Gasteiger partial charge in [-0.1, -0.05) is 183 Å². The van der Waals surface area contributed by atoms with Crippen LogP contribution in [0.2, 0.25) is 0 Å². The molecule has 18 heterocycles. The summed E-state index contributed by atoms with van der Waals surface area (Å²) in [6.07, 6.45) is 15.2. The number of benzene rings is 9. The van der Waals surface area contributed by atoms with Crippen molar-refractivity contribution in [3.63, 3.8) is 0 Å². The second kappa shape index (κ2) is 42.2. The Balaban J connectivity index is 0.000000124. The summed E-state index contributed by atoms with van der Waals surface area (Å²) in [5.41, 5.74) is 32.4. The zero-order chi connectivity index (χ0) is 95.4. The van der Waals surface area contributed by atoms with Crippen LogP contribution in [0.1, 0.15) is 168 Å². The molecule has 0 spiro atoms. The first kappa shape index (κ1) is 105. The van der Waals surface area contributed by atoms with Crippen molar-refractivity contribution in [3.05, 3.63) is 351 Å². The van der Waals surface area contributed by atoms with Crippen LogP contribution in [0.5, 0.6) is 0 Å². The van der Waals surface area contributed by atoms with Gasteiger partial charge in [0, 0.05) is 229 Å². The van der Waals surface area contributed by atoms with Crippen molar-refractivity contribution in [2.24, 2.45) is 0 Å². The van der Waals surface area contributed by atoms with Gasteiger partial charge in [0.15, 0.2) is 5.71 Å². The minimum Gasteiger partial charge on any atom is -0.469 e. The fourth-order valence-corrected chi connectivity index (χ4v) is 22.8. The van der Waals surface area contributed by atoms with Gasteiger partial charge in [0.2, 0.25) is 0 Å². The molecular formula is C119H101Ir6N13O4S2-6. The molecule has 17 nitrogen and oxygen atoms in total. The minimum absolute atomic E-state index is 0. The van der Waals surface area contributed by atoms with Gasteiger partial charge in [0.25, 0.3) is 0 Å². The summed E-state index contributed by atoms with van der Waals surface area (Å²) in [7, 11) is 0. The van der Waals surface area contributed by atoms with E-state index in [1.165, 1.54) is 124 Å². The molecule has 0 unspecified atom stereocenters. The number of nitrogens with zero attached hydrogens (tertiary/aromatic N) is 13. The molecule has 25 heteroatoms. The molecule has 27 rings (SSSR count). The van der Waals surface area contributed by atoms with Crippen molar-refractivity contribution in [1.29, 1.82) is 0 Å². The minimum atomic E-state index is 0. The van der Waals surface area contributed by atoms with E-state index in [1.54, 1.807) is 12.4 Å². The van der Waals surface area contributed by atoms with Crippen molar-refractivity contribution >= 4 is 186 Å². The molecule has 0 saturated heterocycles. The topological polar surface area (TPSA) is 169 Å². The monoisotopic (exact) mass is 3000 g/mol. The smallest absolute Gasteiger partial charge is 0.195 e. The maximum Gasteiger partial charge on any atom is 0.195 e. The summed E-state index contributed by atoms with van der Waals surface area (Å²) in [6.45, 7) is 43.2. The molecule has 0 atom stereocenters. The van der Waals surface area contributed by atoms with Crippen LogP contribution in [0.25, 0.3) is 197 Å². The number of aromatic nitrogens is 13. The molecule has 0 N–H and O–H groups in total. The van der Waals surface area contributed by atoms with E-state index in [0.717, 1.165) is 161 Å². The number of rotatable bonds is 7. The van der Waals surface area contributed by atoms with Crippen LogP contribution in [0.15, 0.2) is 243 Å². The van der Waals surface area contributed by atoms with Gasteiger partial charge in [-0.05, 0) is 150 Å². The van der Waals surface area contributed by atoms with Gasteiger partial charge >= 0.3 is 0 Å². The number of fused-ring (bicyclic) bond motifs is 36. The molecule has 0 saturated carbocycles. The van der Waals surface area contributed by atoms with E-state index in [1.807, 2.05) is 146 Å². The molecule has 0 bridgehead atoms. The molecular weight excluding hydrogens is 2890 g/mol. The maximum absolute atomic E-state index is 6.14. The predicted molar refractivity (Wildman–Crippen MR) is 566 cm³/mol. The molecule has 738 valence electrons. The Morgan fingerprint density at radius 1 is 0.333 bits per heavy atom. The average molecular weight is 2990 g/mol. The van der Waals surface area contributed by atoms with Gasteiger partial charge in [0.1, 0.15) is 34.2 Å². The number of aryl methyl sites for hydroxylation is 12. The molecule has 0 fully saturated rings. The maximum atomic E-state index is 6.14. The molecule has 0 aliphatic heterocycles. The van der Waals surface area contributed by atoms with Crippen molar-refractivity contribution in [2.75, 3.05) is 0 Å². The average Bonchev–Trinajstić information content (AvgIpc) is 1.57. The predicted octanol–water partition coefficient (Wildman–Crippen LogP) is 31.7. The Hall–Kier alpha value is -11.4. The number of furan rings is 3. The van der Waals surface area contributed by atoms with E-state index in [-0.39, 0.29) is 121 Å². The molecule has 0 aliphatic rings. The number of hydrogen-bond acceptors (Lipinski definition) is 13. The zero-order valence-electron chi connectivity index (χ0n) is 82.9. The van der Waals surface area contributed by atoms with Crippen LogP contribution in [0.4, 0.5) is 0 Å². The Kier molecular flexibility index (Phi) is 30.9. The van der Waals surface area contributed by atoms with Crippen molar-refractivity contribution in [1.82, 2.24) is 61.5 Å². The number of thiophene rings is 2. The van der Waals surface area contributed by atoms with Gasteiger partial charge in [0.05, 0.1) is 78.5 Å². The van der Waals surface area contributed by atoms with E-state index in [9.17, 15) is 0 Å². The van der Waals surface area contributed by atoms with E-state index >= 15 is 0 Å². The SMILES string of the molecule is Cc1c[c-]c2c(c1)c1c(C)oc(C)c1n1c(C)cnc21.Cc1c[c-]c2c(c1)c1sc(C)cc1n1c(C)cnc21.Cc1cc2c(o1)c1ccc[c-]c1c1ncc(-c3c(C(C)C)cccc3C(C)C)n21.Cc1cc2c3ccc[c-]c3c3ncc(-c4c(C(C)C)cccc4C(C)C)n3c2s1.Cc1cc2c3ccc[c-]c3c3ncc(-c4c(C)cccc4C)n3c2o1.[Ir].[Ir].[Ir].[Ir].[Ir].[Ir].[c-]1cccc2c1c1nccn1c1cnoc21. The van der Waals surface area contributed by atoms with Gasteiger partial charge in [-0.3, -0.25) is 29.9 Å². The molecule has 6 radical (unpaired) electrons. The quantitative estimate of drug-likeness (QED) is 0.139. The van der Waals surface area contributed by atoms with E-state index in [2.05, 4.69) is 311 Å². The van der Waals surface area contributed by atoms with Gasteiger partial charge in [-0.25, -0.2) is 0 Å². The number of imidazole rings is 6. The van der Waals surface area contributed by atoms with Crippen molar-refractivity contribution < 1.29 is 138 Å². The van der Waals surface area contributed by atoms with Crippen LogP contribution in [-0.4, -0.2) is 61.5 Å². The summed E-state index contributed by atoms with van der Waals surface area (Å²) in [5.74, 6) is 5.42. The van der Waals surface area contributed by atoms with Crippen LogP contribution < -0.4 is 0 Å². The standard InChI is InChI=1S/C26H25N2O.C26H25N2S.C22H17N2O.C17H15N2O.C16H13N2S.C12H6N3O.6Ir/c1-15(2)18-11-8-12-19(16(3)4)24(18)23-14-27-26-21-10-7-6-9-20(21)25-22(28(23)26)13-17(5)29-25;1-15(2)18-11-8-12-19(16(3)4)24(18)23-14-27-25-21-10-7-6-9-20(21)22-13-17(5)29-26(22)28(23)25;1-13-7-6-8-14(2)20(13)19-12-23-21-17-10-5-4-9-16(17)18-11-15(3)25-22(18)24(19)21;1-9-5-6-13-14(7-9)15-11(3)20-12(4)16(15)19-10(2)8-18-17(13)19;1-9-4-5-12-13(6-9)15-14(7-11(3)19-15)18-10(2)8-17-16(12)18;1-2-4-9-8(3-1)11-10(7-14-16-11)15-6-5-13-12(9)15;;;;;;/h2*6-9,11-16H,1-5H3;4-9,11-12H,1-3H3;5,7-8H,1-4H3;4,6-8H,1-3H3;1-3,5-7H;;;;;;/q6*-1;;;;;;. The van der Waals surface area contributed by atoms with E-state index in [0.29, 0.717) is 23.7 Å². The summed E-state index contributed by atoms with van der Waals surface area (Å²) >= 11 is 3.70. The number of pyridine rings is 6. The third-order valence-electron chi connectivity index (χ3n) is 26.8. The van der Waals surface area contributed by atoms with Gasteiger partial charge in [-0.2, -0.15) is 0 Å². The normalized spacial score (nSPS) is 11.5. The Labute approximate surface area is 922 Å². The largest absolute Gasteiger partial charge is 0.469 e. The molecule has 18 aromatic heterocycles. The van der Waals surface area contributed by atoms with E-state index < -0.39 is 0 Å². The van der Waals surface area contributed by atoms with Crippen molar-refractivity contribution in [3.8, 4) is 33.8 Å². The summed E-state index contributed by atoms with van der Waals surface area (Å²) in [6, 6.07) is 81.4. The van der Waals surface area contributed by atoms with Crippen LogP contribution >= 0.6 is 22.7 Å². The summed E-state index contributed by atoms with van der Waals surface area (Å²) < 4.78 is 37.9. The number of hydrogen-bond donors (Lipinski definition) is 0. The molecule has 27 aromatic rings. The van der Waals surface area contributed by atoms with Gasteiger partial charge in [-0.15, -0.1) is 178 Å². The third-order valence-corrected chi connectivity index (χ3v) is 28.9. The fraction of sp³-hybridized carbons (Fsp3) is 0.202. The second-order valence-electron chi connectivity index (χ2n) is 37.7. The van der Waals surface area contributed by atoms with Crippen LogP contribution in [0.3, 0.4) is 0 Å². The Bertz CT molecular complexity index is 9250. The first-order chi connectivity index (χ1) is 66.8. The Morgan fingerprint density at radius 2 is 0.785 bits per heavy atom. The van der Waals surface area contributed by atoms with E-state index in [4.69, 9.17) is 32.7 Å². The Morgan fingerprint density at radius 3 is 1.36 bits per heavy atom. The third kappa shape index (κ3) is 17.9. The van der Waals surface area contributed by atoms with Crippen molar-refractivity contribution in [2.45, 2.75) is 162 Å². The molecule has 144 heavy (non-hydrogen) atoms. The first-order valence-corrected chi connectivity index (χ1v) is 48.7. The van der Waals surface area contributed by atoms with Crippen LogP contribution in [0, 0.1) is 119 Å². The summed E-state index contributed by atoms with van der Waals surface area (Å²) in [5, 5.41) is 20.5. The van der Waals surface area contributed by atoms with Gasteiger partial charge < -0.3 is 44.2 Å². The fourth-order valence-electron chi connectivity index (χ4n) is 20.7. The zero-order valence-corrected chi connectivity index (χ0v) is 98.9. The van der Waals surface area contributed by atoms with Crippen LogP contribution in [-0.2, 0) is 121 Å². The molecule has 0 aliphatic carbocycles. The summed E-state index contributed by atoms with van der Waals surface area (Å²) in [4.78, 5) is 31.9.